The zero-order valence-corrected chi connectivity index (χ0v) is 17.9. The number of methoxy groups -OCH3 is 1. The minimum absolute atomic E-state index is 0.131. The molecule has 0 aromatic heterocycles. The molecule has 2 heterocycles. The number of carbonyl (C=O) groups is 2. The molecule has 0 bridgehead atoms. The Kier molecular flexibility index (Phi) is 6.54. The van der Waals surface area contributed by atoms with Crippen LogP contribution in [-0.2, 0) is 11.2 Å². The highest BCUT2D eigenvalue weighted by molar-refractivity contribution is 5.94. The highest BCUT2D eigenvalue weighted by atomic mass is 19.1. The van der Waals surface area contributed by atoms with E-state index < -0.39 is 0 Å². The number of benzene rings is 2. The summed E-state index contributed by atoms with van der Waals surface area (Å²) in [6.07, 6.45) is 4.46. The summed E-state index contributed by atoms with van der Waals surface area (Å²) in [6.45, 7) is 1.85. The van der Waals surface area contributed by atoms with E-state index in [9.17, 15) is 14.0 Å². The average molecular weight is 425 g/mol. The van der Waals surface area contributed by atoms with E-state index in [1.807, 2.05) is 17.0 Å². The van der Waals surface area contributed by atoms with Gasteiger partial charge < -0.3 is 14.5 Å². The quantitative estimate of drug-likeness (QED) is 0.731. The summed E-state index contributed by atoms with van der Waals surface area (Å²) in [5.41, 5.74) is 1.66. The van der Waals surface area contributed by atoms with E-state index in [2.05, 4.69) is 12.1 Å². The summed E-state index contributed by atoms with van der Waals surface area (Å²) in [5, 5.41) is 0. The van der Waals surface area contributed by atoms with Crippen molar-refractivity contribution in [3.8, 4) is 5.75 Å². The van der Waals surface area contributed by atoms with Gasteiger partial charge in [-0.05, 0) is 74.1 Å². The van der Waals surface area contributed by atoms with Gasteiger partial charge in [-0.1, -0.05) is 12.1 Å². The van der Waals surface area contributed by atoms with Gasteiger partial charge in [0.1, 0.15) is 11.6 Å². The second-order valence-electron chi connectivity index (χ2n) is 8.48. The number of carbonyl (C=O) groups excluding carboxylic acids is 2. The molecule has 0 radical (unpaired) electrons. The number of nitrogens with zero attached hydrogens (tertiary/aromatic N) is 2. The highest BCUT2D eigenvalue weighted by Gasteiger charge is 2.36. The maximum absolute atomic E-state index is 13.4. The molecule has 4 rings (SSSR count). The molecule has 2 amide bonds. The molecule has 0 spiro atoms. The second-order valence-corrected chi connectivity index (χ2v) is 8.48. The minimum atomic E-state index is -0.361. The molecule has 2 fully saturated rings. The predicted octanol–water partition coefficient (Wildman–Crippen LogP) is 3.92. The van der Waals surface area contributed by atoms with Gasteiger partial charge in [-0.25, -0.2) is 4.39 Å². The van der Waals surface area contributed by atoms with Gasteiger partial charge in [0.15, 0.2) is 0 Å². The molecule has 2 atom stereocenters. The fraction of sp³-hybridized carbons (Fsp3) is 0.440. The zero-order valence-electron chi connectivity index (χ0n) is 17.9. The Morgan fingerprint density at radius 1 is 1.00 bits per heavy atom. The Morgan fingerprint density at radius 3 is 2.42 bits per heavy atom. The number of piperidine rings is 1. The molecule has 2 aromatic carbocycles. The molecule has 2 aromatic rings. The third-order valence-electron chi connectivity index (χ3n) is 6.44. The molecule has 0 unspecified atom stereocenters. The Hall–Kier alpha value is -2.89. The summed E-state index contributed by atoms with van der Waals surface area (Å²) in [5.74, 6) is 0.326. The Morgan fingerprint density at radius 2 is 1.71 bits per heavy atom. The molecule has 0 saturated carbocycles. The molecule has 2 saturated heterocycles. The largest absolute Gasteiger partial charge is 0.497 e. The average Bonchev–Trinajstić information content (AvgIpc) is 3.27. The van der Waals surface area contributed by atoms with Gasteiger partial charge in [-0.15, -0.1) is 0 Å². The summed E-state index contributed by atoms with van der Waals surface area (Å²) in [6, 6.07) is 13.8. The summed E-state index contributed by atoms with van der Waals surface area (Å²) >= 11 is 0. The molecule has 0 N–H and O–H groups in total. The standard InChI is InChI=1S/C25H29FN2O3/c1-31-23-12-6-18(7-13-23)16-22-5-3-15-28(22)25(30)20-4-2-14-27(17-20)24(29)19-8-10-21(26)11-9-19/h6-13,20,22H,2-5,14-17H2,1H3/t20-,22-/m1/s1. The van der Waals surface area contributed by atoms with Crippen molar-refractivity contribution in [1.82, 2.24) is 9.80 Å². The van der Waals surface area contributed by atoms with Gasteiger partial charge in [-0.2, -0.15) is 0 Å². The maximum atomic E-state index is 13.4. The molecule has 164 valence electrons. The van der Waals surface area contributed by atoms with Crippen molar-refractivity contribution in [3.05, 3.63) is 65.5 Å². The predicted molar refractivity (Wildman–Crippen MR) is 116 cm³/mol. The Balaban J connectivity index is 1.40. The van der Waals surface area contributed by atoms with Gasteiger partial charge >= 0.3 is 0 Å². The van der Waals surface area contributed by atoms with E-state index in [-0.39, 0.29) is 29.6 Å². The smallest absolute Gasteiger partial charge is 0.253 e. The number of likely N-dealkylation sites (tertiary alicyclic amines) is 2. The van der Waals surface area contributed by atoms with Crippen LogP contribution in [0.25, 0.3) is 0 Å². The van der Waals surface area contributed by atoms with Crippen LogP contribution in [0.4, 0.5) is 4.39 Å². The zero-order chi connectivity index (χ0) is 21.8. The maximum Gasteiger partial charge on any atom is 0.253 e. The highest BCUT2D eigenvalue weighted by Crippen LogP contribution is 2.27. The van der Waals surface area contributed by atoms with Gasteiger partial charge in [0.25, 0.3) is 5.91 Å². The lowest BCUT2D eigenvalue weighted by Gasteiger charge is -2.35. The summed E-state index contributed by atoms with van der Waals surface area (Å²) in [4.78, 5) is 30.0. The van der Waals surface area contributed by atoms with Crippen LogP contribution in [0.15, 0.2) is 48.5 Å². The monoisotopic (exact) mass is 424 g/mol. The molecule has 5 nitrogen and oxygen atoms in total. The van der Waals surface area contributed by atoms with Crippen LogP contribution in [0.5, 0.6) is 5.75 Å². The van der Waals surface area contributed by atoms with Crippen molar-refractivity contribution in [3.63, 3.8) is 0 Å². The third-order valence-corrected chi connectivity index (χ3v) is 6.44. The van der Waals surface area contributed by atoms with E-state index in [4.69, 9.17) is 4.74 Å². The van der Waals surface area contributed by atoms with E-state index in [1.165, 1.54) is 29.8 Å². The van der Waals surface area contributed by atoms with E-state index in [1.54, 1.807) is 12.0 Å². The molecule has 2 aliphatic rings. The first-order valence-electron chi connectivity index (χ1n) is 11.0. The number of hydrogen-bond acceptors (Lipinski definition) is 3. The van der Waals surface area contributed by atoms with E-state index >= 15 is 0 Å². The third kappa shape index (κ3) is 4.89. The fourth-order valence-electron chi connectivity index (χ4n) is 4.74. The van der Waals surface area contributed by atoms with E-state index in [0.29, 0.717) is 18.7 Å². The van der Waals surface area contributed by atoms with Crippen molar-refractivity contribution < 1.29 is 18.7 Å². The summed E-state index contributed by atoms with van der Waals surface area (Å²) in [7, 11) is 1.65. The topological polar surface area (TPSA) is 49.9 Å². The van der Waals surface area contributed by atoms with Crippen LogP contribution in [0.1, 0.15) is 41.6 Å². The van der Waals surface area contributed by atoms with Crippen LogP contribution in [0.3, 0.4) is 0 Å². The molecular weight excluding hydrogens is 395 g/mol. The van der Waals surface area contributed by atoms with Crippen molar-refractivity contribution in [2.45, 2.75) is 38.1 Å². The van der Waals surface area contributed by atoms with Crippen LogP contribution in [-0.4, -0.2) is 54.4 Å². The molecule has 6 heteroatoms. The van der Waals surface area contributed by atoms with Gasteiger partial charge in [0.2, 0.25) is 5.91 Å². The molecule has 2 aliphatic heterocycles. The first kappa shape index (κ1) is 21.3. The first-order chi connectivity index (χ1) is 15.0. The van der Waals surface area contributed by atoms with Gasteiger partial charge in [0, 0.05) is 31.2 Å². The van der Waals surface area contributed by atoms with Crippen LogP contribution >= 0.6 is 0 Å². The van der Waals surface area contributed by atoms with Crippen LogP contribution < -0.4 is 4.74 Å². The van der Waals surface area contributed by atoms with Crippen molar-refractivity contribution in [2.75, 3.05) is 26.7 Å². The minimum Gasteiger partial charge on any atom is -0.497 e. The summed E-state index contributed by atoms with van der Waals surface area (Å²) < 4.78 is 18.4. The van der Waals surface area contributed by atoms with Crippen molar-refractivity contribution in [2.24, 2.45) is 5.92 Å². The normalized spacial score (nSPS) is 21.2. The van der Waals surface area contributed by atoms with Crippen LogP contribution in [0, 0.1) is 11.7 Å². The Bertz CT molecular complexity index is 913. The number of amides is 2. The molecule has 31 heavy (non-hydrogen) atoms. The van der Waals surface area contributed by atoms with Gasteiger partial charge in [-0.3, -0.25) is 9.59 Å². The first-order valence-corrected chi connectivity index (χ1v) is 11.0. The number of hydrogen-bond donors (Lipinski definition) is 0. The van der Waals surface area contributed by atoms with Crippen molar-refractivity contribution >= 4 is 11.8 Å². The number of halogens is 1. The van der Waals surface area contributed by atoms with Crippen LogP contribution in [0.2, 0.25) is 0 Å². The number of rotatable bonds is 5. The lowest BCUT2D eigenvalue weighted by atomic mass is 9.95. The lowest BCUT2D eigenvalue weighted by molar-refractivity contribution is -0.137. The molecular formula is C25H29FN2O3. The molecule has 0 aliphatic carbocycles. The van der Waals surface area contributed by atoms with Crippen molar-refractivity contribution in [1.29, 1.82) is 0 Å². The fourth-order valence-corrected chi connectivity index (χ4v) is 4.74. The second kappa shape index (κ2) is 9.50. The number of ether oxygens (including phenoxy) is 1. The van der Waals surface area contributed by atoms with E-state index in [0.717, 1.165) is 44.4 Å². The Labute approximate surface area is 182 Å². The SMILES string of the molecule is COc1ccc(C[C@H]2CCCN2C(=O)[C@@H]2CCCN(C(=O)c3ccc(F)cc3)C2)cc1. The lowest BCUT2D eigenvalue weighted by Crippen LogP contribution is -2.48. The van der Waals surface area contributed by atoms with Gasteiger partial charge in [0.05, 0.1) is 13.0 Å².